The van der Waals surface area contributed by atoms with Crippen molar-refractivity contribution in [3.63, 3.8) is 0 Å². The topological polar surface area (TPSA) is 59.2 Å². The van der Waals surface area contributed by atoms with Gasteiger partial charge in [-0.25, -0.2) is 8.78 Å². The Kier molecular flexibility index (Phi) is 3.96. The Labute approximate surface area is 146 Å². The van der Waals surface area contributed by atoms with Gasteiger partial charge in [0.15, 0.2) is 0 Å². The average Bonchev–Trinajstić information content (AvgIpc) is 3.21. The molecule has 2 heterocycles. The third-order valence-corrected chi connectivity index (χ3v) is 4.94. The molecular weight excluding hydrogens is 354 g/mol. The van der Waals surface area contributed by atoms with Crippen LogP contribution in [0.4, 0.5) is 17.6 Å². The summed E-state index contributed by atoms with van der Waals surface area (Å²) in [5.41, 5.74) is 1.55. The molecule has 1 aliphatic heterocycles. The van der Waals surface area contributed by atoms with E-state index in [0.717, 1.165) is 5.56 Å². The lowest BCUT2D eigenvalue weighted by Crippen LogP contribution is -2.40. The smallest absolute Gasteiger partial charge is 0.314 e. The third kappa shape index (κ3) is 2.95. The van der Waals surface area contributed by atoms with Crippen molar-refractivity contribution in [1.29, 1.82) is 0 Å². The normalized spacial score (nSPS) is 20.0. The third-order valence-electron chi connectivity index (χ3n) is 4.94. The number of nitrogens with zero attached hydrogens (tertiary/aromatic N) is 3. The van der Waals surface area contributed by atoms with E-state index in [-0.39, 0.29) is 43.5 Å². The number of fused-ring (bicyclic) bond motifs is 1. The molecule has 0 bridgehead atoms. The van der Waals surface area contributed by atoms with Gasteiger partial charge in [-0.05, 0) is 30.5 Å². The summed E-state index contributed by atoms with van der Waals surface area (Å²) in [6, 6.07) is 4.63. The van der Waals surface area contributed by atoms with Crippen molar-refractivity contribution in [2.75, 3.05) is 0 Å². The number of hydrogen-bond acceptors (Lipinski definition) is 4. The van der Waals surface area contributed by atoms with Gasteiger partial charge in [-0.1, -0.05) is 6.07 Å². The van der Waals surface area contributed by atoms with Gasteiger partial charge in [-0.2, -0.15) is 8.78 Å². The SMILES string of the molecule is O=C1c2cc(-c3nnc(C(F)F)o3)ccc2CN1C1CCC(F)(F)CC1. The molecule has 0 unspecified atom stereocenters. The van der Waals surface area contributed by atoms with Gasteiger partial charge in [0.1, 0.15) is 0 Å². The minimum absolute atomic E-state index is 0.0911. The molecule has 0 saturated heterocycles. The van der Waals surface area contributed by atoms with Crippen LogP contribution in [0.3, 0.4) is 0 Å². The molecule has 0 radical (unpaired) electrons. The molecular formula is C17H15F4N3O2. The van der Waals surface area contributed by atoms with Gasteiger partial charge in [-0.15, -0.1) is 10.2 Å². The van der Waals surface area contributed by atoms with Crippen molar-refractivity contribution >= 4 is 5.91 Å². The monoisotopic (exact) mass is 369 g/mol. The molecule has 4 rings (SSSR count). The summed E-state index contributed by atoms with van der Waals surface area (Å²) < 4.78 is 56.8. The number of carbonyl (C=O) groups is 1. The predicted octanol–water partition coefficient (Wildman–Crippen LogP) is 4.21. The number of aromatic nitrogens is 2. The molecule has 0 atom stereocenters. The minimum Gasteiger partial charge on any atom is -0.415 e. The van der Waals surface area contributed by atoms with Crippen LogP contribution in [-0.2, 0) is 6.54 Å². The maximum absolute atomic E-state index is 13.3. The number of hydrogen-bond donors (Lipinski definition) is 0. The zero-order chi connectivity index (χ0) is 18.5. The quantitative estimate of drug-likeness (QED) is 0.761. The predicted molar refractivity (Wildman–Crippen MR) is 81.8 cm³/mol. The highest BCUT2D eigenvalue weighted by atomic mass is 19.3. The van der Waals surface area contributed by atoms with E-state index in [2.05, 4.69) is 10.2 Å². The maximum Gasteiger partial charge on any atom is 0.314 e. The van der Waals surface area contributed by atoms with Gasteiger partial charge >= 0.3 is 6.43 Å². The summed E-state index contributed by atoms with van der Waals surface area (Å²) in [5.74, 6) is -3.77. The molecule has 0 N–H and O–H groups in total. The van der Waals surface area contributed by atoms with Gasteiger partial charge in [0.05, 0.1) is 0 Å². The van der Waals surface area contributed by atoms with Crippen LogP contribution in [-0.4, -0.2) is 33.0 Å². The van der Waals surface area contributed by atoms with E-state index < -0.39 is 18.2 Å². The van der Waals surface area contributed by atoms with Crippen molar-refractivity contribution in [1.82, 2.24) is 15.1 Å². The summed E-state index contributed by atoms with van der Waals surface area (Å²) in [7, 11) is 0. The first-order valence-electron chi connectivity index (χ1n) is 8.28. The highest BCUT2D eigenvalue weighted by molar-refractivity contribution is 5.99. The lowest BCUT2D eigenvalue weighted by molar-refractivity contribution is -0.0510. The van der Waals surface area contributed by atoms with Crippen molar-refractivity contribution in [2.24, 2.45) is 0 Å². The first-order valence-corrected chi connectivity index (χ1v) is 8.28. The largest absolute Gasteiger partial charge is 0.415 e. The maximum atomic E-state index is 13.3. The van der Waals surface area contributed by atoms with Crippen molar-refractivity contribution in [3.8, 4) is 11.5 Å². The van der Waals surface area contributed by atoms with E-state index in [1.807, 2.05) is 0 Å². The zero-order valence-corrected chi connectivity index (χ0v) is 13.6. The summed E-state index contributed by atoms with van der Waals surface area (Å²) in [6.45, 7) is 0.358. The molecule has 1 amide bonds. The van der Waals surface area contributed by atoms with Crippen LogP contribution in [0.2, 0.25) is 0 Å². The molecule has 1 aliphatic carbocycles. The zero-order valence-electron chi connectivity index (χ0n) is 13.6. The van der Waals surface area contributed by atoms with Crippen molar-refractivity contribution < 1.29 is 26.8 Å². The molecule has 2 aliphatic rings. The molecule has 1 aromatic carbocycles. The van der Waals surface area contributed by atoms with Gasteiger partial charge in [0.25, 0.3) is 11.8 Å². The number of halogens is 4. The molecule has 1 saturated carbocycles. The van der Waals surface area contributed by atoms with Crippen molar-refractivity contribution in [2.45, 2.75) is 50.6 Å². The van der Waals surface area contributed by atoms with Crippen LogP contribution >= 0.6 is 0 Å². The Balaban J connectivity index is 1.55. The molecule has 1 aromatic heterocycles. The molecule has 26 heavy (non-hydrogen) atoms. The molecule has 9 heteroatoms. The molecule has 138 valence electrons. The Hall–Kier alpha value is -2.45. The summed E-state index contributed by atoms with van der Waals surface area (Å²) in [6.07, 6.45) is -2.78. The summed E-state index contributed by atoms with van der Waals surface area (Å²) in [4.78, 5) is 14.3. The number of alkyl halides is 4. The second kappa shape index (κ2) is 6.07. The van der Waals surface area contributed by atoms with E-state index >= 15 is 0 Å². The highest BCUT2D eigenvalue weighted by Gasteiger charge is 2.40. The summed E-state index contributed by atoms with van der Waals surface area (Å²) in [5, 5.41) is 6.85. The van der Waals surface area contributed by atoms with E-state index in [1.54, 1.807) is 17.0 Å². The number of benzene rings is 1. The molecule has 0 spiro atoms. The van der Waals surface area contributed by atoms with Gasteiger partial charge in [0, 0.05) is 36.6 Å². The van der Waals surface area contributed by atoms with Crippen LogP contribution < -0.4 is 0 Å². The molecule has 5 nitrogen and oxygen atoms in total. The Morgan fingerprint density at radius 3 is 2.58 bits per heavy atom. The summed E-state index contributed by atoms with van der Waals surface area (Å²) >= 11 is 0. The Morgan fingerprint density at radius 1 is 1.19 bits per heavy atom. The number of carbonyl (C=O) groups excluding carboxylic acids is 1. The van der Waals surface area contributed by atoms with Gasteiger partial charge in [-0.3, -0.25) is 4.79 Å². The van der Waals surface area contributed by atoms with Crippen LogP contribution in [0.25, 0.3) is 11.5 Å². The van der Waals surface area contributed by atoms with E-state index in [9.17, 15) is 22.4 Å². The minimum atomic E-state index is -2.87. The fourth-order valence-corrected chi connectivity index (χ4v) is 3.53. The lowest BCUT2D eigenvalue weighted by atomic mass is 9.91. The van der Waals surface area contributed by atoms with Gasteiger partial charge in [0.2, 0.25) is 11.8 Å². The highest BCUT2D eigenvalue weighted by Crippen LogP contribution is 2.38. The Morgan fingerprint density at radius 2 is 1.92 bits per heavy atom. The average molecular weight is 369 g/mol. The van der Waals surface area contributed by atoms with E-state index in [0.29, 0.717) is 17.7 Å². The number of rotatable bonds is 3. The molecule has 2 aromatic rings. The standard InChI is InChI=1S/C17H15F4N3O2/c18-13(19)15-23-22-14(26-15)9-1-2-10-8-24(16(25)12(10)7-9)11-3-5-17(20,21)6-4-11/h1-2,7,11,13H,3-6,8H2. The van der Waals surface area contributed by atoms with Gasteiger partial charge < -0.3 is 9.32 Å². The van der Waals surface area contributed by atoms with E-state index in [4.69, 9.17) is 4.42 Å². The fourth-order valence-electron chi connectivity index (χ4n) is 3.53. The van der Waals surface area contributed by atoms with Crippen LogP contribution in [0.5, 0.6) is 0 Å². The fraction of sp³-hybridized carbons (Fsp3) is 0.471. The van der Waals surface area contributed by atoms with Crippen molar-refractivity contribution in [3.05, 3.63) is 35.2 Å². The van der Waals surface area contributed by atoms with Crippen LogP contribution in [0.15, 0.2) is 22.6 Å². The lowest BCUT2D eigenvalue weighted by Gasteiger charge is -2.34. The van der Waals surface area contributed by atoms with E-state index in [1.165, 1.54) is 6.07 Å². The number of amides is 1. The Bertz CT molecular complexity index is 842. The first kappa shape index (κ1) is 17.0. The first-order chi connectivity index (χ1) is 12.3. The molecule has 1 fully saturated rings. The van der Waals surface area contributed by atoms with Crippen LogP contribution in [0, 0.1) is 0 Å². The second-order valence-electron chi connectivity index (χ2n) is 6.64. The van der Waals surface area contributed by atoms with Crippen LogP contribution in [0.1, 0.15) is 53.9 Å². The second-order valence-corrected chi connectivity index (χ2v) is 6.64.